The molecule has 2 aliphatic carbocycles. The maximum atomic E-state index is 13.0. The molecule has 3 N–H and O–H groups in total. The molecule has 2 aliphatic rings. The van der Waals surface area contributed by atoms with Crippen molar-refractivity contribution in [3.63, 3.8) is 0 Å². The maximum Gasteiger partial charge on any atom is 0.231 e. The third-order valence-corrected chi connectivity index (χ3v) is 4.73. The molecule has 2 aromatic carbocycles. The summed E-state index contributed by atoms with van der Waals surface area (Å²) >= 11 is 0. The molecular weight excluding hydrogens is 360 g/mol. The second kappa shape index (κ2) is 6.03. The number of halogens is 1. The van der Waals surface area contributed by atoms with Crippen molar-refractivity contribution >= 4 is 34.7 Å². The zero-order chi connectivity index (χ0) is 17.9. The summed E-state index contributed by atoms with van der Waals surface area (Å²) in [4.78, 5) is 25.9. The Hall–Kier alpha value is -2.51. The van der Waals surface area contributed by atoms with Gasteiger partial charge in [-0.25, -0.2) is 0 Å². The second-order valence-electron chi connectivity index (χ2n) is 6.06. The Morgan fingerprint density at radius 3 is 2.12 bits per heavy atom. The predicted molar refractivity (Wildman–Crippen MR) is 95.6 cm³/mol. The first-order valence-corrected chi connectivity index (χ1v) is 7.61. The van der Waals surface area contributed by atoms with Gasteiger partial charge in [0.05, 0.1) is 5.57 Å². The van der Waals surface area contributed by atoms with Gasteiger partial charge in [0.15, 0.2) is 17.7 Å². The minimum absolute atomic E-state index is 0. The molecule has 0 amide bonds. The highest BCUT2D eigenvalue weighted by Gasteiger charge is 2.52. The van der Waals surface area contributed by atoms with E-state index in [-0.39, 0.29) is 34.7 Å². The Kier molecular flexibility index (Phi) is 4.24. The summed E-state index contributed by atoms with van der Waals surface area (Å²) in [5, 5.41) is 32.1. The molecule has 0 aliphatic heterocycles. The molecule has 26 heavy (non-hydrogen) atoms. The number of aliphatic hydroxyl groups is 3. The first kappa shape index (κ1) is 18.3. The van der Waals surface area contributed by atoms with Crippen molar-refractivity contribution in [2.75, 3.05) is 7.11 Å². The van der Waals surface area contributed by atoms with Crippen LogP contribution in [0.1, 0.15) is 20.7 Å². The summed E-state index contributed by atoms with van der Waals surface area (Å²) in [5.41, 5.74) is -0.241. The summed E-state index contributed by atoms with van der Waals surface area (Å²) in [7, 11) is 1.08. The molecule has 0 spiro atoms. The quantitative estimate of drug-likeness (QED) is 0.660. The van der Waals surface area contributed by atoms with E-state index < -0.39 is 29.2 Å². The van der Waals surface area contributed by atoms with Crippen LogP contribution in [0.25, 0.3) is 10.8 Å². The highest BCUT2D eigenvalue weighted by atomic mass is 35.5. The molecule has 0 saturated carbocycles. The molecule has 0 heterocycles. The molecule has 0 bridgehead atoms. The average Bonchev–Trinajstić information content (AvgIpc) is 2.62. The van der Waals surface area contributed by atoms with Crippen LogP contribution in [0.5, 0.6) is 0 Å². The van der Waals surface area contributed by atoms with Crippen molar-refractivity contribution in [3.8, 4) is 0 Å². The number of carbonyl (C=O) groups excluding carboxylic acids is 2. The van der Waals surface area contributed by atoms with E-state index in [4.69, 9.17) is 4.74 Å². The molecule has 6 nitrogen and oxygen atoms in total. The number of rotatable bonds is 1. The molecule has 0 radical (unpaired) electrons. The molecule has 0 saturated heterocycles. The predicted octanol–water partition coefficient (Wildman–Crippen LogP) is 2.09. The van der Waals surface area contributed by atoms with Crippen LogP contribution in [0, 0.1) is 0 Å². The van der Waals surface area contributed by atoms with Crippen molar-refractivity contribution in [1.82, 2.24) is 0 Å². The van der Waals surface area contributed by atoms with Crippen LogP contribution in [0.2, 0.25) is 0 Å². The molecule has 2 unspecified atom stereocenters. The van der Waals surface area contributed by atoms with Crippen LogP contribution >= 0.6 is 12.4 Å². The van der Waals surface area contributed by atoms with Gasteiger partial charge in [0, 0.05) is 23.8 Å². The van der Waals surface area contributed by atoms with Gasteiger partial charge in [0.2, 0.25) is 5.79 Å². The minimum Gasteiger partial charge on any atom is -0.509 e. The summed E-state index contributed by atoms with van der Waals surface area (Å²) in [6.07, 6.45) is -0.860. The fourth-order valence-corrected chi connectivity index (χ4v) is 3.40. The minimum atomic E-state index is -2.50. The largest absolute Gasteiger partial charge is 0.509 e. The van der Waals surface area contributed by atoms with Gasteiger partial charge in [0.25, 0.3) is 0 Å². The van der Waals surface area contributed by atoms with Gasteiger partial charge in [-0.2, -0.15) is 0 Å². The highest BCUT2D eigenvalue weighted by molar-refractivity contribution is 6.30. The number of ether oxygens (including phenoxy) is 1. The standard InChI is InChI=1S/C19H14O6.ClH/c1-25-19(24)15-13(8-14(20)18(19)23)16(21)11-6-9-4-2-3-5-10(9)7-12(11)17(15)22;/h2-8,18,20,23-24H,1H3;1H. The lowest BCUT2D eigenvalue weighted by Crippen LogP contribution is -2.52. The molecule has 134 valence electrons. The van der Waals surface area contributed by atoms with Crippen LogP contribution < -0.4 is 0 Å². The topological polar surface area (TPSA) is 104 Å². The van der Waals surface area contributed by atoms with Crippen molar-refractivity contribution in [2.45, 2.75) is 11.9 Å². The third-order valence-electron chi connectivity index (χ3n) is 4.73. The fourth-order valence-electron chi connectivity index (χ4n) is 3.40. The zero-order valence-electron chi connectivity index (χ0n) is 13.6. The van der Waals surface area contributed by atoms with Crippen LogP contribution in [-0.4, -0.2) is 45.9 Å². The Morgan fingerprint density at radius 1 is 1.04 bits per heavy atom. The monoisotopic (exact) mass is 374 g/mol. The van der Waals surface area contributed by atoms with Crippen LogP contribution in [0.15, 0.2) is 59.4 Å². The number of aliphatic hydroxyl groups excluding tert-OH is 2. The number of benzene rings is 2. The Morgan fingerprint density at radius 2 is 1.58 bits per heavy atom. The van der Waals surface area contributed by atoms with Gasteiger partial charge in [0.1, 0.15) is 5.76 Å². The third kappa shape index (κ3) is 2.24. The number of hydrogen-bond acceptors (Lipinski definition) is 6. The number of fused-ring (bicyclic) bond motifs is 2. The van der Waals surface area contributed by atoms with Gasteiger partial charge in [-0.1, -0.05) is 24.3 Å². The van der Waals surface area contributed by atoms with E-state index >= 15 is 0 Å². The number of ketones is 2. The van der Waals surface area contributed by atoms with Crippen molar-refractivity contribution < 1.29 is 29.6 Å². The van der Waals surface area contributed by atoms with E-state index in [2.05, 4.69) is 0 Å². The van der Waals surface area contributed by atoms with Gasteiger partial charge in [-0.15, -0.1) is 12.4 Å². The molecule has 0 aromatic heterocycles. The second-order valence-corrected chi connectivity index (χ2v) is 6.06. The van der Waals surface area contributed by atoms with Crippen LogP contribution in [-0.2, 0) is 4.74 Å². The normalized spacial score (nSPS) is 24.7. The lowest BCUT2D eigenvalue weighted by Gasteiger charge is -2.38. The molecule has 0 fully saturated rings. The Bertz CT molecular complexity index is 1020. The summed E-state index contributed by atoms with van der Waals surface area (Å²) in [6.45, 7) is 0. The van der Waals surface area contributed by atoms with Crippen molar-refractivity contribution in [1.29, 1.82) is 0 Å². The first-order chi connectivity index (χ1) is 11.9. The number of Topliss-reactive ketones (excluding diaryl/α,β-unsaturated/α-hetero) is 2. The lowest BCUT2D eigenvalue weighted by atomic mass is 9.75. The number of allylic oxidation sites excluding steroid dienone is 2. The SMILES string of the molecule is COC1(O)C2=C(C=C(O)C1O)C(=O)c1cc3ccccc3cc1C2=O.Cl. The van der Waals surface area contributed by atoms with Gasteiger partial charge < -0.3 is 20.1 Å². The van der Waals surface area contributed by atoms with E-state index in [9.17, 15) is 24.9 Å². The summed E-state index contributed by atoms with van der Waals surface area (Å²) in [5.74, 6) is -4.29. The number of hydrogen-bond donors (Lipinski definition) is 3. The summed E-state index contributed by atoms with van der Waals surface area (Å²) in [6, 6.07) is 10.4. The lowest BCUT2D eigenvalue weighted by molar-refractivity contribution is -0.211. The fraction of sp³-hybridized carbons (Fsp3) is 0.158. The van der Waals surface area contributed by atoms with Crippen molar-refractivity contribution in [2.24, 2.45) is 0 Å². The molecule has 2 atom stereocenters. The Labute approximate surface area is 154 Å². The first-order valence-electron chi connectivity index (χ1n) is 7.61. The smallest absolute Gasteiger partial charge is 0.231 e. The van der Waals surface area contributed by atoms with Crippen LogP contribution in [0.3, 0.4) is 0 Å². The summed E-state index contributed by atoms with van der Waals surface area (Å²) < 4.78 is 4.93. The molecular formula is C19H15ClO6. The molecule has 2 aromatic rings. The molecule has 4 rings (SSSR count). The van der Waals surface area contributed by atoms with Gasteiger partial charge in [-0.05, 0) is 29.0 Å². The van der Waals surface area contributed by atoms with Crippen LogP contribution in [0.4, 0.5) is 0 Å². The van der Waals surface area contributed by atoms with E-state index in [1.807, 2.05) is 18.2 Å². The number of carbonyl (C=O) groups is 2. The highest BCUT2D eigenvalue weighted by Crippen LogP contribution is 2.41. The van der Waals surface area contributed by atoms with Gasteiger partial charge >= 0.3 is 0 Å². The zero-order valence-corrected chi connectivity index (χ0v) is 14.4. The van der Waals surface area contributed by atoms with E-state index in [0.29, 0.717) is 0 Å². The van der Waals surface area contributed by atoms with E-state index in [0.717, 1.165) is 24.0 Å². The van der Waals surface area contributed by atoms with E-state index in [1.54, 1.807) is 18.2 Å². The average molecular weight is 375 g/mol. The maximum absolute atomic E-state index is 13.0. The molecule has 7 heteroatoms. The van der Waals surface area contributed by atoms with Crippen molar-refractivity contribution in [3.05, 3.63) is 70.5 Å². The van der Waals surface area contributed by atoms with E-state index in [1.165, 1.54) is 0 Å². The Balaban J connectivity index is 0.00000196. The van der Waals surface area contributed by atoms with Gasteiger partial charge in [-0.3, -0.25) is 9.59 Å². The number of methoxy groups -OCH3 is 1.